The Kier molecular flexibility index (Phi) is 2.68. The summed E-state index contributed by atoms with van der Waals surface area (Å²) in [5, 5.41) is 10.3. The molecule has 0 aromatic rings. The van der Waals surface area contributed by atoms with Crippen LogP contribution < -0.4 is 0 Å². The SMILES string of the molecule is CN(C)C[C@@H]1[C@H](C(C)(C)O)[C@@H]2C=C[C@H]1C2. The molecule has 0 heterocycles. The molecule has 2 rings (SSSR count). The molecular weight excluding hydrogens is 186 g/mol. The zero-order valence-corrected chi connectivity index (χ0v) is 10.3. The van der Waals surface area contributed by atoms with E-state index in [1.54, 1.807) is 0 Å². The lowest BCUT2D eigenvalue weighted by molar-refractivity contribution is -0.0214. The van der Waals surface area contributed by atoms with E-state index in [4.69, 9.17) is 0 Å². The van der Waals surface area contributed by atoms with E-state index in [2.05, 4.69) is 31.1 Å². The summed E-state index contributed by atoms with van der Waals surface area (Å²) < 4.78 is 0. The maximum Gasteiger partial charge on any atom is 0.0628 e. The van der Waals surface area contributed by atoms with E-state index in [-0.39, 0.29) is 0 Å². The lowest BCUT2D eigenvalue weighted by Crippen LogP contribution is -2.42. The standard InChI is InChI=1S/C13H23NO/c1-13(2,15)12-10-6-5-9(7-10)11(12)8-14(3)4/h5-6,9-12,15H,7-8H2,1-4H3/t9-,10+,11-,12+/m0/s1. The Hall–Kier alpha value is -0.340. The average molecular weight is 209 g/mol. The summed E-state index contributed by atoms with van der Waals surface area (Å²) in [6, 6.07) is 0. The van der Waals surface area contributed by atoms with Gasteiger partial charge in [-0.15, -0.1) is 0 Å². The molecule has 86 valence electrons. The zero-order chi connectivity index (χ0) is 11.2. The number of rotatable bonds is 3. The minimum absolute atomic E-state index is 0.440. The number of hydrogen-bond donors (Lipinski definition) is 1. The Balaban J connectivity index is 2.17. The fourth-order valence-corrected chi connectivity index (χ4v) is 3.64. The Bertz CT molecular complexity index is 264. The third kappa shape index (κ3) is 1.98. The maximum atomic E-state index is 10.3. The first-order valence-electron chi connectivity index (χ1n) is 5.95. The van der Waals surface area contributed by atoms with Gasteiger partial charge in [-0.2, -0.15) is 0 Å². The van der Waals surface area contributed by atoms with Gasteiger partial charge in [0.2, 0.25) is 0 Å². The predicted octanol–water partition coefficient (Wildman–Crippen LogP) is 1.76. The van der Waals surface area contributed by atoms with Crippen LogP contribution in [0.15, 0.2) is 12.2 Å². The van der Waals surface area contributed by atoms with Gasteiger partial charge in [-0.3, -0.25) is 0 Å². The van der Waals surface area contributed by atoms with Crippen molar-refractivity contribution in [3.05, 3.63) is 12.2 Å². The second-order valence-electron chi connectivity index (χ2n) is 6.05. The summed E-state index contributed by atoms with van der Waals surface area (Å²) in [6.45, 7) is 5.03. The van der Waals surface area contributed by atoms with Crippen molar-refractivity contribution in [1.29, 1.82) is 0 Å². The third-order valence-corrected chi connectivity index (χ3v) is 4.01. The highest BCUT2D eigenvalue weighted by Crippen LogP contribution is 2.52. The Morgan fingerprint density at radius 2 is 1.87 bits per heavy atom. The van der Waals surface area contributed by atoms with E-state index in [0.29, 0.717) is 23.7 Å². The first kappa shape index (κ1) is 11.2. The molecule has 2 nitrogen and oxygen atoms in total. The predicted molar refractivity (Wildman–Crippen MR) is 62.6 cm³/mol. The minimum atomic E-state index is -0.537. The fraction of sp³-hybridized carbons (Fsp3) is 0.846. The van der Waals surface area contributed by atoms with Gasteiger partial charge in [0.1, 0.15) is 0 Å². The molecule has 2 bridgehead atoms. The monoisotopic (exact) mass is 209 g/mol. The molecule has 0 amide bonds. The second-order valence-corrected chi connectivity index (χ2v) is 6.05. The summed E-state index contributed by atoms with van der Waals surface area (Å²) in [5.74, 6) is 2.39. The summed E-state index contributed by atoms with van der Waals surface area (Å²) in [7, 11) is 4.24. The Labute approximate surface area is 93.0 Å². The van der Waals surface area contributed by atoms with Gasteiger partial charge >= 0.3 is 0 Å². The first-order valence-corrected chi connectivity index (χ1v) is 5.95. The van der Waals surface area contributed by atoms with Gasteiger partial charge < -0.3 is 10.0 Å². The highest BCUT2D eigenvalue weighted by Gasteiger charge is 2.50. The van der Waals surface area contributed by atoms with Crippen molar-refractivity contribution in [3.63, 3.8) is 0 Å². The molecule has 0 unspecified atom stereocenters. The van der Waals surface area contributed by atoms with Crippen LogP contribution in [0.4, 0.5) is 0 Å². The fourth-order valence-electron chi connectivity index (χ4n) is 3.64. The van der Waals surface area contributed by atoms with Gasteiger partial charge in [0.15, 0.2) is 0 Å². The van der Waals surface area contributed by atoms with Gasteiger partial charge in [0, 0.05) is 6.54 Å². The molecule has 1 fully saturated rings. The molecule has 15 heavy (non-hydrogen) atoms. The van der Waals surface area contributed by atoms with Crippen LogP contribution in [0.25, 0.3) is 0 Å². The lowest BCUT2D eigenvalue weighted by Gasteiger charge is -2.38. The molecule has 2 heteroatoms. The summed E-state index contributed by atoms with van der Waals surface area (Å²) in [5.41, 5.74) is -0.537. The number of fused-ring (bicyclic) bond motifs is 2. The van der Waals surface area contributed by atoms with Gasteiger partial charge in [-0.25, -0.2) is 0 Å². The molecule has 0 aliphatic heterocycles. The van der Waals surface area contributed by atoms with Crippen LogP contribution in [0.3, 0.4) is 0 Å². The van der Waals surface area contributed by atoms with Gasteiger partial charge in [-0.05, 0) is 58.0 Å². The van der Waals surface area contributed by atoms with E-state index in [9.17, 15) is 5.11 Å². The Morgan fingerprint density at radius 3 is 2.40 bits per heavy atom. The van der Waals surface area contributed by atoms with Crippen molar-refractivity contribution in [2.75, 3.05) is 20.6 Å². The molecule has 2 aliphatic rings. The third-order valence-electron chi connectivity index (χ3n) is 4.01. The first-order chi connectivity index (χ1) is 6.89. The number of hydrogen-bond acceptors (Lipinski definition) is 2. The molecule has 0 spiro atoms. The molecule has 4 atom stereocenters. The summed E-state index contributed by atoms with van der Waals surface area (Å²) in [4.78, 5) is 2.25. The Morgan fingerprint density at radius 1 is 1.27 bits per heavy atom. The maximum absolute atomic E-state index is 10.3. The molecule has 0 radical (unpaired) electrons. The van der Waals surface area contributed by atoms with Gasteiger partial charge in [0.05, 0.1) is 5.60 Å². The van der Waals surface area contributed by atoms with Crippen LogP contribution in [0, 0.1) is 23.7 Å². The van der Waals surface area contributed by atoms with Gasteiger partial charge in [-0.1, -0.05) is 12.2 Å². The van der Waals surface area contributed by atoms with Crippen molar-refractivity contribution >= 4 is 0 Å². The molecule has 2 aliphatic carbocycles. The molecular formula is C13H23NO. The summed E-state index contributed by atoms with van der Waals surface area (Å²) >= 11 is 0. The number of nitrogens with zero attached hydrogens (tertiary/aromatic N) is 1. The molecule has 1 N–H and O–H groups in total. The number of aliphatic hydroxyl groups is 1. The lowest BCUT2D eigenvalue weighted by atomic mass is 9.73. The van der Waals surface area contributed by atoms with Crippen LogP contribution in [-0.4, -0.2) is 36.2 Å². The highest BCUT2D eigenvalue weighted by atomic mass is 16.3. The van der Waals surface area contributed by atoms with E-state index >= 15 is 0 Å². The normalized spacial score (nSPS) is 39.3. The van der Waals surface area contributed by atoms with Crippen LogP contribution in [-0.2, 0) is 0 Å². The minimum Gasteiger partial charge on any atom is -0.390 e. The van der Waals surface area contributed by atoms with Crippen molar-refractivity contribution < 1.29 is 5.11 Å². The smallest absolute Gasteiger partial charge is 0.0628 e. The van der Waals surface area contributed by atoms with E-state index < -0.39 is 5.60 Å². The second kappa shape index (κ2) is 3.60. The van der Waals surface area contributed by atoms with Crippen LogP contribution >= 0.6 is 0 Å². The van der Waals surface area contributed by atoms with Crippen molar-refractivity contribution in [3.8, 4) is 0 Å². The molecule has 0 aromatic heterocycles. The molecule has 0 aromatic carbocycles. The summed E-state index contributed by atoms with van der Waals surface area (Å²) in [6.07, 6.45) is 5.94. The largest absolute Gasteiger partial charge is 0.390 e. The zero-order valence-electron chi connectivity index (χ0n) is 10.3. The van der Waals surface area contributed by atoms with E-state index in [1.807, 2.05) is 13.8 Å². The van der Waals surface area contributed by atoms with Crippen LogP contribution in [0.5, 0.6) is 0 Å². The van der Waals surface area contributed by atoms with Crippen molar-refractivity contribution in [2.45, 2.75) is 25.9 Å². The highest BCUT2D eigenvalue weighted by molar-refractivity contribution is 5.16. The van der Waals surface area contributed by atoms with E-state index in [0.717, 1.165) is 6.54 Å². The van der Waals surface area contributed by atoms with Crippen molar-refractivity contribution in [1.82, 2.24) is 4.90 Å². The van der Waals surface area contributed by atoms with Crippen molar-refractivity contribution in [2.24, 2.45) is 23.7 Å². The quantitative estimate of drug-likeness (QED) is 0.716. The van der Waals surface area contributed by atoms with Crippen LogP contribution in [0.1, 0.15) is 20.3 Å². The molecule has 1 saturated carbocycles. The molecule has 0 saturated heterocycles. The number of allylic oxidation sites excluding steroid dienone is 2. The van der Waals surface area contributed by atoms with E-state index in [1.165, 1.54) is 6.42 Å². The van der Waals surface area contributed by atoms with Crippen LogP contribution in [0.2, 0.25) is 0 Å². The average Bonchev–Trinajstić information content (AvgIpc) is 2.59. The topological polar surface area (TPSA) is 23.5 Å². The van der Waals surface area contributed by atoms with Gasteiger partial charge in [0.25, 0.3) is 0 Å².